The summed E-state index contributed by atoms with van der Waals surface area (Å²) < 4.78 is 13.7. The van der Waals surface area contributed by atoms with E-state index in [-0.39, 0.29) is 10.0 Å². The van der Waals surface area contributed by atoms with Crippen LogP contribution in [-0.2, 0) is 0 Å². The van der Waals surface area contributed by atoms with Gasteiger partial charge in [-0.1, -0.05) is 23.2 Å². The van der Waals surface area contributed by atoms with Gasteiger partial charge in [0.05, 0.1) is 32.1 Å². The van der Waals surface area contributed by atoms with Crippen LogP contribution in [0.2, 0.25) is 10.0 Å². The zero-order chi connectivity index (χ0) is 13.3. The van der Waals surface area contributed by atoms with E-state index in [1.807, 2.05) is 0 Å². The van der Waals surface area contributed by atoms with E-state index in [9.17, 15) is 4.39 Å². The number of pyridine rings is 1. The van der Waals surface area contributed by atoms with E-state index >= 15 is 0 Å². The topological polar surface area (TPSA) is 50.9 Å². The van der Waals surface area contributed by atoms with Crippen LogP contribution in [-0.4, -0.2) is 4.98 Å². The molecule has 0 spiro atoms. The molecule has 1 aromatic heterocycles. The standard InChI is InChI=1S/C11H7BrCl2FN3/c12-7-3-6(16)4-17-11(7)18-10-8(13)1-5(15)2-9(10)14/h1-4H,16H2,(H,17,18). The van der Waals surface area contributed by atoms with Crippen molar-refractivity contribution in [1.29, 1.82) is 0 Å². The molecule has 0 aliphatic heterocycles. The Hall–Kier alpha value is -1.04. The highest BCUT2D eigenvalue weighted by Gasteiger charge is 2.11. The molecule has 1 aromatic carbocycles. The maximum absolute atomic E-state index is 13.0. The van der Waals surface area contributed by atoms with Gasteiger partial charge < -0.3 is 11.1 Å². The molecule has 0 aliphatic rings. The van der Waals surface area contributed by atoms with E-state index in [0.717, 1.165) is 0 Å². The van der Waals surface area contributed by atoms with Gasteiger partial charge in [-0.15, -0.1) is 0 Å². The minimum atomic E-state index is -0.500. The molecule has 2 rings (SSSR count). The Labute approximate surface area is 121 Å². The van der Waals surface area contributed by atoms with Crippen LogP contribution in [0.25, 0.3) is 0 Å². The summed E-state index contributed by atoms with van der Waals surface area (Å²) in [4.78, 5) is 4.08. The Morgan fingerprint density at radius 1 is 1.22 bits per heavy atom. The molecule has 0 radical (unpaired) electrons. The van der Waals surface area contributed by atoms with Gasteiger partial charge in [0, 0.05) is 0 Å². The van der Waals surface area contributed by atoms with Crippen molar-refractivity contribution in [3.05, 3.63) is 44.7 Å². The molecule has 0 unspecified atom stereocenters. The molecule has 0 amide bonds. The summed E-state index contributed by atoms with van der Waals surface area (Å²) in [7, 11) is 0. The lowest BCUT2D eigenvalue weighted by molar-refractivity contribution is 0.628. The van der Waals surface area contributed by atoms with Crippen molar-refractivity contribution >= 4 is 56.3 Å². The fourth-order valence-corrected chi connectivity index (χ4v) is 2.35. The molecule has 2 aromatic rings. The summed E-state index contributed by atoms with van der Waals surface area (Å²) in [6, 6.07) is 4.02. The van der Waals surface area contributed by atoms with Crippen molar-refractivity contribution in [3.63, 3.8) is 0 Å². The molecule has 3 N–H and O–H groups in total. The van der Waals surface area contributed by atoms with Gasteiger partial charge >= 0.3 is 0 Å². The fraction of sp³-hybridized carbons (Fsp3) is 0. The highest BCUT2D eigenvalue weighted by atomic mass is 79.9. The number of hydrogen-bond donors (Lipinski definition) is 2. The van der Waals surface area contributed by atoms with E-state index in [0.29, 0.717) is 21.7 Å². The van der Waals surface area contributed by atoms with Crippen LogP contribution < -0.4 is 11.1 Å². The van der Waals surface area contributed by atoms with Crippen molar-refractivity contribution in [2.24, 2.45) is 0 Å². The predicted octanol–water partition coefficient (Wildman–Crippen LogP) is 4.62. The second-order valence-corrected chi connectivity index (χ2v) is 5.14. The lowest BCUT2D eigenvalue weighted by Gasteiger charge is -2.11. The van der Waals surface area contributed by atoms with Gasteiger partial charge in [0.25, 0.3) is 0 Å². The third-order valence-corrected chi connectivity index (χ3v) is 3.31. The number of nitrogens with one attached hydrogen (secondary N) is 1. The molecule has 3 nitrogen and oxygen atoms in total. The lowest BCUT2D eigenvalue weighted by atomic mass is 10.3. The summed E-state index contributed by atoms with van der Waals surface area (Å²) >= 11 is 15.1. The average molecular weight is 351 g/mol. The van der Waals surface area contributed by atoms with Gasteiger partial charge in [0.2, 0.25) is 0 Å². The summed E-state index contributed by atoms with van der Waals surface area (Å²) in [5, 5.41) is 3.26. The molecule has 0 atom stereocenters. The second-order valence-electron chi connectivity index (χ2n) is 3.47. The number of rotatable bonds is 2. The summed E-state index contributed by atoms with van der Waals surface area (Å²) in [5.74, 6) is -0.0144. The van der Waals surface area contributed by atoms with E-state index in [4.69, 9.17) is 28.9 Å². The van der Waals surface area contributed by atoms with Crippen LogP contribution in [0.5, 0.6) is 0 Å². The number of benzene rings is 1. The van der Waals surface area contributed by atoms with Crippen LogP contribution in [0, 0.1) is 5.82 Å². The van der Waals surface area contributed by atoms with Gasteiger partial charge in [-0.3, -0.25) is 0 Å². The van der Waals surface area contributed by atoms with Gasteiger partial charge in [-0.05, 0) is 34.1 Å². The number of halogens is 4. The van der Waals surface area contributed by atoms with Crippen LogP contribution in [0.3, 0.4) is 0 Å². The van der Waals surface area contributed by atoms with E-state index in [1.54, 1.807) is 6.07 Å². The van der Waals surface area contributed by atoms with Gasteiger partial charge in [-0.2, -0.15) is 0 Å². The predicted molar refractivity (Wildman–Crippen MR) is 76.1 cm³/mol. The molecule has 0 saturated carbocycles. The van der Waals surface area contributed by atoms with E-state index in [1.165, 1.54) is 18.3 Å². The first-order valence-electron chi connectivity index (χ1n) is 4.80. The first-order valence-corrected chi connectivity index (χ1v) is 6.35. The molecule has 0 aliphatic carbocycles. The van der Waals surface area contributed by atoms with Gasteiger partial charge in [0.15, 0.2) is 0 Å². The number of nitrogen functional groups attached to an aromatic ring is 1. The monoisotopic (exact) mass is 349 g/mol. The highest BCUT2D eigenvalue weighted by molar-refractivity contribution is 9.10. The molecular formula is C11H7BrCl2FN3. The summed E-state index contributed by atoms with van der Waals surface area (Å²) in [5.41, 5.74) is 6.48. The Kier molecular flexibility index (Phi) is 3.94. The van der Waals surface area contributed by atoms with Crippen LogP contribution >= 0.6 is 39.1 Å². The molecule has 7 heteroatoms. The number of aromatic nitrogens is 1. The molecule has 0 bridgehead atoms. The number of nitrogens with zero attached hydrogens (tertiary/aromatic N) is 1. The zero-order valence-corrected chi connectivity index (χ0v) is 11.9. The number of anilines is 3. The first-order chi connectivity index (χ1) is 8.47. The van der Waals surface area contributed by atoms with E-state index < -0.39 is 5.82 Å². The normalized spacial score (nSPS) is 10.4. The molecule has 1 heterocycles. The minimum absolute atomic E-state index is 0.172. The molecule has 18 heavy (non-hydrogen) atoms. The van der Waals surface area contributed by atoms with Crippen LogP contribution in [0.15, 0.2) is 28.9 Å². The maximum Gasteiger partial charge on any atom is 0.144 e. The van der Waals surface area contributed by atoms with Crippen molar-refractivity contribution in [2.45, 2.75) is 0 Å². The zero-order valence-electron chi connectivity index (χ0n) is 8.85. The van der Waals surface area contributed by atoms with Gasteiger partial charge in [-0.25, -0.2) is 9.37 Å². The molecule has 0 fully saturated rings. The second kappa shape index (κ2) is 5.30. The maximum atomic E-state index is 13.0. The summed E-state index contributed by atoms with van der Waals surface area (Å²) in [6.45, 7) is 0. The number of nitrogens with two attached hydrogens (primary N) is 1. The molecule has 94 valence electrons. The molecular weight excluding hydrogens is 344 g/mol. The van der Waals surface area contributed by atoms with E-state index in [2.05, 4.69) is 26.2 Å². The quantitative estimate of drug-likeness (QED) is 0.831. The highest BCUT2D eigenvalue weighted by Crippen LogP contribution is 2.35. The summed E-state index contributed by atoms with van der Waals surface area (Å²) in [6.07, 6.45) is 1.48. The SMILES string of the molecule is Nc1cnc(Nc2c(Cl)cc(F)cc2Cl)c(Br)c1. The van der Waals surface area contributed by atoms with Crippen molar-refractivity contribution in [1.82, 2.24) is 4.98 Å². The van der Waals surface area contributed by atoms with Crippen LogP contribution in [0.1, 0.15) is 0 Å². The largest absolute Gasteiger partial charge is 0.397 e. The van der Waals surface area contributed by atoms with Crippen molar-refractivity contribution < 1.29 is 4.39 Å². The average Bonchev–Trinajstić information content (AvgIpc) is 2.25. The Bertz CT molecular complexity index is 584. The third-order valence-electron chi connectivity index (χ3n) is 2.11. The Balaban J connectivity index is 2.40. The smallest absolute Gasteiger partial charge is 0.144 e. The van der Waals surface area contributed by atoms with Crippen LogP contribution in [0.4, 0.5) is 21.6 Å². The van der Waals surface area contributed by atoms with Gasteiger partial charge in [0.1, 0.15) is 11.6 Å². The molecule has 0 saturated heterocycles. The first kappa shape index (κ1) is 13.4. The van der Waals surface area contributed by atoms with Crippen molar-refractivity contribution in [2.75, 3.05) is 11.1 Å². The number of hydrogen-bond acceptors (Lipinski definition) is 3. The minimum Gasteiger partial charge on any atom is -0.397 e. The third kappa shape index (κ3) is 2.85. The Morgan fingerprint density at radius 2 is 1.83 bits per heavy atom. The fourth-order valence-electron chi connectivity index (χ4n) is 1.32. The Morgan fingerprint density at radius 3 is 2.39 bits per heavy atom. The van der Waals surface area contributed by atoms with Crippen molar-refractivity contribution in [3.8, 4) is 0 Å². The lowest BCUT2D eigenvalue weighted by Crippen LogP contribution is -1.98.